The molecule has 0 amide bonds. The van der Waals surface area contributed by atoms with Gasteiger partial charge in [0.25, 0.3) is 0 Å². The highest BCUT2D eigenvalue weighted by molar-refractivity contribution is 5.48. The Morgan fingerprint density at radius 3 is 2.79 bits per heavy atom. The summed E-state index contributed by atoms with van der Waals surface area (Å²) in [6, 6.07) is 8.61. The van der Waals surface area contributed by atoms with Crippen LogP contribution in [0.1, 0.15) is 12.5 Å². The Labute approximate surface area is 112 Å². The number of nitrogens with one attached hydrogen (secondary N) is 1. The van der Waals surface area contributed by atoms with E-state index >= 15 is 0 Å². The van der Waals surface area contributed by atoms with E-state index in [0.717, 1.165) is 18.2 Å². The Kier molecular flexibility index (Phi) is 4.28. The summed E-state index contributed by atoms with van der Waals surface area (Å²) in [6.07, 6.45) is 1.51. The summed E-state index contributed by atoms with van der Waals surface area (Å²) in [4.78, 5) is 10.2. The van der Waals surface area contributed by atoms with Gasteiger partial charge in [-0.05, 0) is 13.0 Å². The molecule has 0 radical (unpaired) electrons. The highest BCUT2D eigenvalue weighted by Crippen LogP contribution is 2.16. The lowest BCUT2D eigenvalue weighted by molar-refractivity contribution is 0.607. The van der Waals surface area contributed by atoms with Gasteiger partial charge in [0, 0.05) is 31.8 Å². The minimum atomic E-state index is -0.199. The fourth-order valence-corrected chi connectivity index (χ4v) is 1.80. The average molecular weight is 260 g/mol. The molecule has 0 aliphatic carbocycles. The van der Waals surface area contributed by atoms with Gasteiger partial charge in [0.2, 0.25) is 0 Å². The Balaban J connectivity index is 2.13. The Morgan fingerprint density at radius 2 is 2.05 bits per heavy atom. The molecule has 0 saturated heterocycles. The summed E-state index contributed by atoms with van der Waals surface area (Å²) in [7, 11) is 1.88. The fraction of sp³-hybridized carbons (Fsp3) is 0.286. The van der Waals surface area contributed by atoms with Crippen molar-refractivity contribution in [1.82, 2.24) is 9.97 Å². The molecular weight excluding hydrogens is 243 g/mol. The molecule has 0 bridgehead atoms. The SMILES string of the molecule is CCNc1cc(N(C)Cc2ccccc2F)ncn1. The van der Waals surface area contributed by atoms with E-state index in [9.17, 15) is 4.39 Å². The van der Waals surface area contributed by atoms with Gasteiger partial charge < -0.3 is 10.2 Å². The predicted molar refractivity (Wildman–Crippen MR) is 74.7 cm³/mol. The van der Waals surface area contributed by atoms with Gasteiger partial charge in [0.15, 0.2) is 0 Å². The lowest BCUT2D eigenvalue weighted by Crippen LogP contribution is -2.19. The second kappa shape index (κ2) is 6.13. The lowest BCUT2D eigenvalue weighted by Gasteiger charge is -2.19. The molecule has 0 spiro atoms. The van der Waals surface area contributed by atoms with E-state index in [0.29, 0.717) is 12.1 Å². The smallest absolute Gasteiger partial charge is 0.134 e. The van der Waals surface area contributed by atoms with Crippen molar-refractivity contribution in [2.45, 2.75) is 13.5 Å². The largest absolute Gasteiger partial charge is 0.370 e. The highest BCUT2D eigenvalue weighted by atomic mass is 19.1. The van der Waals surface area contributed by atoms with Crippen LogP contribution in [-0.2, 0) is 6.54 Å². The van der Waals surface area contributed by atoms with Gasteiger partial charge in [-0.2, -0.15) is 0 Å². The molecule has 2 aromatic rings. The number of aromatic nitrogens is 2. The minimum absolute atomic E-state index is 0.199. The summed E-state index contributed by atoms with van der Waals surface area (Å²) >= 11 is 0. The quantitative estimate of drug-likeness (QED) is 0.897. The van der Waals surface area contributed by atoms with Crippen molar-refractivity contribution in [2.24, 2.45) is 0 Å². The molecule has 5 heteroatoms. The van der Waals surface area contributed by atoms with Crippen molar-refractivity contribution in [3.8, 4) is 0 Å². The molecule has 0 saturated carbocycles. The van der Waals surface area contributed by atoms with Gasteiger partial charge >= 0.3 is 0 Å². The summed E-state index contributed by atoms with van der Waals surface area (Å²) in [5.41, 5.74) is 0.647. The molecule has 4 nitrogen and oxygen atoms in total. The van der Waals surface area contributed by atoms with Crippen LogP contribution >= 0.6 is 0 Å². The summed E-state index contributed by atoms with van der Waals surface area (Å²) < 4.78 is 13.6. The summed E-state index contributed by atoms with van der Waals surface area (Å²) in [6.45, 7) is 3.27. The third-order valence-electron chi connectivity index (χ3n) is 2.77. The molecular formula is C14H17FN4. The van der Waals surface area contributed by atoms with Crippen LogP contribution in [0.15, 0.2) is 36.7 Å². The van der Waals surface area contributed by atoms with Crippen LogP contribution in [0.4, 0.5) is 16.0 Å². The number of nitrogens with zero attached hydrogens (tertiary/aromatic N) is 3. The number of benzene rings is 1. The van der Waals surface area contributed by atoms with Crippen molar-refractivity contribution >= 4 is 11.6 Å². The molecule has 1 N–H and O–H groups in total. The third kappa shape index (κ3) is 3.40. The Hall–Kier alpha value is -2.17. The molecule has 1 heterocycles. The maximum Gasteiger partial charge on any atom is 0.134 e. The highest BCUT2D eigenvalue weighted by Gasteiger charge is 2.08. The molecule has 100 valence electrons. The van der Waals surface area contributed by atoms with E-state index in [1.54, 1.807) is 12.1 Å². The third-order valence-corrected chi connectivity index (χ3v) is 2.77. The normalized spacial score (nSPS) is 10.3. The zero-order chi connectivity index (χ0) is 13.7. The van der Waals surface area contributed by atoms with E-state index < -0.39 is 0 Å². The van der Waals surface area contributed by atoms with E-state index in [2.05, 4.69) is 15.3 Å². The lowest BCUT2D eigenvalue weighted by atomic mass is 10.2. The second-order valence-corrected chi connectivity index (χ2v) is 4.24. The first-order valence-corrected chi connectivity index (χ1v) is 6.21. The maximum atomic E-state index is 13.6. The van der Waals surface area contributed by atoms with Crippen LogP contribution in [-0.4, -0.2) is 23.6 Å². The van der Waals surface area contributed by atoms with Crippen molar-refractivity contribution < 1.29 is 4.39 Å². The Morgan fingerprint density at radius 1 is 1.26 bits per heavy atom. The topological polar surface area (TPSA) is 41.0 Å². The van der Waals surface area contributed by atoms with Gasteiger partial charge in [-0.25, -0.2) is 14.4 Å². The van der Waals surface area contributed by atoms with Gasteiger partial charge in [-0.1, -0.05) is 18.2 Å². The van der Waals surface area contributed by atoms with Gasteiger partial charge in [-0.15, -0.1) is 0 Å². The standard InChI is InChI=1S/C14H17FN4/c1-3-16-13-8-14(18-10-17-13)19(2)9-11-6-4-5-7-12(11)15/h4-8,10H,3,9H2,1-2H3,(H,16,17,18). The summed E-state index contributed by atoms with van der Waals surface area (Å²) in [5, 5.41) is 3.13. The zero-order valence-electron chi connectivity index (χ0n) is 11.1. The van der Waals surface area contributed by atoms with Crippen molar-refractivity contribution in [3.63, 3.8) is 0 Å². The number of hydrogen-bond donors (Lipinski definition) is 1. The second-order valence-electron chi connectivity index (χ2n) is 4.24. The first-order valence-electron chi connectivity index (χ1n) is 6.21. The molecule has 1 aromatic heterocycles. The van der Waals surface area contributed by atoms with Crippen LogP contribution < -0.4 is 10.2 Å². The number of hydrogen-bond acceptors (Lipinski definition) is 4. The van der Waals surface area contributed by atoms with E-state index in [4.69, 9.17) is 0 Å². The molecule has 0 aliphatic heterocycles. The van der Waals surface area contributed by atoms with Crippen LogP contribution in [0.5, 0.6) is 0 Å². The van der Waals surface area contributed by atoms with E-state index in [1.807, 2.05) is 31.0 Å². The molecule has 1 aromatic carbocycles. The minimum Gasteiger partial charge on any atom is -0.370 e. The van der Waals surface area contributed by atoms with Crippen LogP contribution in [0.25, 0.3) is 0 Å². The first kappa shape index (κ1) is 13.3. The fourth-order valence-electron chi connectivity index (χ4n) is 1.80. The van der Waals surface area contributed by atoms with Crippen molar-refractivity contribution in [1.29, 1.82) is 0 Å². The number of halogens is 1. The Bertz CT molecular complexity index is 544. The molecule has 0 fully saturated rings. The number of anilines is 2. The molecule has 19 heavy (non-hydrogen) atoms. The molecule has 0 unspecified atom stereocenters. The van der Waals surface area contributed by atoms with E-state index in [1.165, 1.54) is 12.4 Å². The van der Waals surface area contributed by atoms with Crippen LogP contribution in [0.2, 0.25) is 0 Å². The van der Waals surface area contributed by atoms with Crippen molar-refractivity contribution in [2.75, 3.05) is 23.8 Å². The van der Waals surface area contributed by atoms with E-state index in [-0.39, 0.29) is 5.82 Å². The van der Waals surface area contributed by atoms with Gasteiger partial charge in [0.05, 0.1) is 0 Å². The molecule has 2 rings (SSSR count). The molecule has 0 aliphatic rings. The first-order chi connectivity index (χ1) is 9.20. The molecule has 0 atom stereocenters. The zero-order valence-corrected chi connectivity index (χ0v) is 11.1. The predicted octanol–water partition coefficient (Wildman–Crippen LogP) is 2.68. The number of rotatable bonds is 5. The summed E-state index contributed by atoms with van der Waals surface area (Å²) in [5.74, 6) is 1.33. The van der Waals surface area contributed by atoms with Crippen molar-refractivity contribution in [3.05, 3.63) is 48.0 Å². The monoisotopic (exact) mass is 260 g/mol. The maximum absolute atomic E-state index is 13.6. The van der Waals surface area contributed by atoms with Crippen LogP contribution in [0, 0.1) is 5.82 Å². The van der Waals surface area contributed by atoms with Gasteiger partial charge in [-0.3, -0.25) is 0 Å². The van der Waals surface area contributed by atoms with Crippen LogP contribution in [0.3, 0.4) is 0 Å². The average Bonchev–Trinajstić information content (AvgIpc) is 2.42. The van der Waals surface area contributed by atoms with Gasteiger partial charge in [0.1, 0.15) is 23.8 Å².